The molecule has 0 radical (unpaired) electrons. The van der Waals surface area contributed by atoms with Gasteiger partial charge in [-0.25, -0.2) is 0 Å². The van der Waals surface area contributed by atoms with E-state index in [1.54, 1.807) is 18.2 Å². The Labute approximate surface area is 96.7 Å². The van der Waals surface area contributed by atoms with Crippen LogP contribution in [0.3, 0.4) is 0 Å². The summed E-state index contributed by atoms with van der Waals surface area (Å²) in [7, 11) is 1.52. The van der Waals surface area contributed by atoms with Crippen molar-refractivity contribution in [1.82, 2.24) is 0 Å². The van der Waals surface area contributed by atoms with Crippen molar-refractivity contribution in [3.05, 3.63) is 34.0 Å². The van der Waals surface area contributed by atoms with Gasteiger partial charge in [0.25, 0.3) is 0 Å². The van der Waals surface area contributed by atoms with Crippen LogP contribution in [0.5, 0.6) is 5.75 Å². The molecule has 0 heterocycles. The Morgan fingerprint density at radius 1 is 1.53 bits per heavy atom. The smallest absolute Gasteiger partial charge is 0.128 e. The molecular weight excluding hydrogens is 258 g/mol. The lowest BCUT2D eigenvalue weighted by Gasteiger charge is -2.08. The van der Waals surface area contributed by atoms with Gasteiger partial charge in [-0.3, -0.25) is 0 Å². The van der Waals surface area contributed by atoms with Crippen LogP contribution < -0.4 is 4.74 Å². The van der Waals surface area contributed by atoms with Gasteiger partial charge >= 0.3 is 0 Å². The Bertz CT molecular complexity index is 442. The third-order valence-corrected chi connectivity index (χ3v) is 2.40. The number of methoxy groups -OCH3 is 1. The van der Waals surface area contributed by atoms with Crippen molar-refractivity contribution in [2.45, 2.75) is 6.92 Å². The van der Waals surface area contributed by atoms with Gasteiger partial charge in [0.15, 0.2) is 0 Å². The number of nitrogens with zero attached hydrogens (tertiary/aromatic N) is 1. The number of hydrogen-bond donors (Lipinski definition) is 1. The van der Waals surface area contributed by atoms with Gasteiger partial charge in [-0.1, -0.05) is 15.9 Å². The van der Waals surface area contributed by atoms with Crippen molar-refractivity contribution >= 4 is 21.5 Å². The molecular formula is C11H10BrNO2. The Morgan fingerprint density at radius 3 is 2.67 bits per heavy atom. The van der Waals surface area contributed by atoms with E-state index in [4.69, 9.17) is 10.00 Å². The second-order valence-electron chi connectivity index (χ2n) is 2.92. The van der Waals surface area contributed by atoms with E-state index >= 15 is 0 Å². The maximum absolute atomic E-state index is 9.34. The average Bonchev–Trinajstić information content (AvgIpc) is 2.20. The molecule has 0 aromatic heterocycles. The van der Waals surface area contributed by atoms with E-state index in [1.165, 1.54) is 14.0 Å². The van der Waals surface area contributed by atoms with Crippen LogP contribution in [0.15, 0.2) is 28.4 Å². The average molecular weight is 268 g/mol. The summed E-state index contributed by atoms with van der Waals surface area (Å²) in [5.74, 6) is 0.535. The quantitative estimate of drug-likeness (QED) is 0.661. The molecule has 1 aromatic carbocycles. The Kier molecular flexibility index (Phi) is 3.75. The number of rotatable bonds is 2. The van der Waals surface area contributed by atoms with Gasteiger partial charge in [-0.05, 0) is 25.1 Å². The minimum Gasteiger partial charge on any atom is -0.511 e. The van der Waals surface area contributed by atoms with Gasteiger partial charge in [0.2, 0.25) is 0 Å². The first-order valence-corrected chi connectivity index (χ1v) is 5.03. The van der Waals surface area contributed by atoms with Crippen LogP contribution in [-0.4, -0.2) is 12.2 Å². The number of aliphatic hydroxyl groups excluding tert-OH is 1. The molecule has 1 aromatic rings. The van der Waals surface area contributed by atoms with E-state index in [9.17, 15) is 5.11 Å². The first-order valence-electron chi connectivity index (χ1n) is 4.24. The standard InChI is InChI=1S/C11H10BrNO2/c1-7(14)10(6-13)9-4-3-8(12)5-11(9)15-2/h3-5,14H,1-2H3/b10-7+. The molecule has 78 valence electrons. The maximum Gasteiger partial charge on any atom is 0.128 e. The lowest BCUT2D eigenvalue weighted by atomic mass is 10.1. The van der Waals surface area contributed by atoms with Gasteiger partial charge in [0, 0.05) is 10.0 Å². The highest BCUT2D eigenvalue weighted by atomic mass is 79.9. The van der Waals surface area contributed by atoms with Crippen LogP contribution in [0.1, 0.15) is 12.5 Å². The van der Waals surface area contributed by atoms with E-state index in [0.717, 1.165) is 4.47 Å². The first kappa shape index (κ1) is 11.6. The molecule has 0 unspecified atom stereocenters. The second-order valence-corrected chi connectivity index (χ2v) is 3.83. The fourth-order valence-corrected chi connectivity index (χ4v) is 1.55. The van der Waals surface area contributed by atoms with Crippen LogP contribution in [0.4, 0.5) is 0 Å². The predicted octanol–water partition coefficient (Wildman–Crippen LogP) is 3.27. The van der Waals surface area contributed by atoms with Crippen molar-refractivity contribution < 1.29 is 9.84 Å². The number of benzene rings is 1. The van der Waals surface area contributed by atoms with Crippen LogP contribution in [0, 0.1) is 11.3 Å². The molecule has 0 spiro atoms. The first-order chi connectivity index (χ1) is 7.10. The van der Waals surface area contributed by atoms with Crippen LogP contribution in [0.2, 0.25) is 0 Å². The van der Waals surface area contributed by atoms with Gasteiger partial charge < -0.3 is 9.84 Å². The largest absolute Gasteiger partial charge is 0.511 e. The number of allylic oxidation sites excluding steroid dienone is 2. The number of nitriles is 1. The molecule has 15 heavy (non-hydrogen) atoms. The van der Waals surface area contributed by atoms with Gasteiger partial charge in [-0.15, -0.1) is 0 Å². The number of halogens is 1. The summed E-state index contributed by atoms with van der Waals surface area (Å²) in [6.07, 6.45) is 0. The normalized spacial score (nSPS) is 11.6. The highest BCUT2D eigenvalue weighted by Crippen LogP contribution is 2.30. The lowest BCUT2D eigenvalue weighted by molar-refractivity contribution is 0.408. The molecule has 0 aliphatic rings. The number of aliphatic hydroxyl groups is 1. The Morgan fingerprint density at radius 2 is 2.20 bits per heavy atom. The molecule has 1 N–H and O–H groups in total. The zero-order valence-electron chi connectivity index (χ0n) is 8.41. The summed E-state index contributed by atoms with van der Waals surface area (Å²) in [4.78, 5) is 0. The third kappa shape index (κ3) is 2.51. The molecule has 4 heteroatoms. The second kappa shape index (κ2) is 4.85. The molecule has 1 rings (SSSR count). The van der Waals surface area contributed by atoms with Crippen LogP contribution >= 0.6 is 15.9 Å². The van der Waals surface area contributed by atoms with Gasteiger partial charge in [-0.2, -0.15) is 5.26 Å². The van der Waals surface area contributed by atoms with E-state index in [-0.39, 0.29) is 11.3 Å². The molecule has 0 amide bonds. The summed E-state index contributed by atoms with van der Waals surface area (Å²) in [6, 6.07) is 7.21. The van der Waals surface area contributed by atoms with Crippen molar-refractivity contribution in [3.63, 3.8) is 0 Å². The fourth-order valence-electron chi connectivity index (χ4n) is 1.21. The summed E-state index contributed by atoms with van der Waals surface area (Å²) in [5, 5.41) is 18.2. The summed E-state index contributed by atoms with van der Waals surface area (Å²) >= 11 is 3.30. The number of hydrogen-bond acceptors (Lipinski definition) is 3. The minimum absolute atomic E-state index is 0.0156. The van der Waals surface area contributed by atoms with E-state index in [2.05, 4.69) is 15.9 Å². The molecule has 0 aliphatic heterocycles. The summed E-state index contributed by atoms with van der Waals surface area (Å²) < 4.78 is 5.99. The van der Waals surface area contributed by atoms with Crippen LogP contribution in [0.25, 0.3) is 5.57 Å². The van der Waals surface area contributed by atoms with E-state index < -0.39 is 0 Å². The van der Waals surface area contributed by atoms with Gasteiger partial charge in [0.1, 0.15) is 23.2 Å². The zero-order valence-corrected chi connectivity index (χ0v) is 10.00. The highest BCUT2D eigenvalue weighted by molar-refractivity contribution is 9.10. The monoisotopic (exact) mass is 267 g/mol. The molecule has 3 nitrogen and oxygen atoms in total. The molecule has 0 bridgehead atoms. The Balaban J connectivity index is 3.38. The molecule has 0 atom stereocenters. The van der Waals surface area contributed by atoms with E-state index in [0.29, 0.717) is 11.3 Å². The summed E-state index contributed by atoms with van der Waals surface area (Å²) in [6.45, 7) is 1.47. The predicted molar refractivity (Wildman–Crippen MR) is 61.5 cm³/mol. The van der Waals surface area contributed by atoms with E-state index in [1.807, 2.05) is 6.07 Å². The lowest BCUT2D eigenvalue weighted by Crippen LogP contribution is -1.92. The number of ether oxygens (including phenoxy) is 1. The fraction of sp³-hybridized carbons (Fsp3) is 0.182. The zero-order chi connectivity index (χ0) is 11.4. The third-order valence-electron chi connectivity index (χ3n) is 1.91. The topological polar surface area (TPSA) is 53.2 Å². The molecule has 0 saturated heterocycles. The Hall–Kier alpha value is -1.47. The van der Waals surface area contributed by atoms with Crippen molar-refractivity contribution in [3.8, 4) is 11.8 Å². The highest BCUT2D eigenvalue weighted by Gasteiger charge is 2.11. The maximum atomic E-state index is 9.34. The minimum atomic E-state index is -0.0156. The van der Waals surface area contributed by atoms with Crippen LogP contribution in [-0.2, 0) is 0 Å². The van der Waals surface area contributed by atoms with Crippen molar-refractivity contribution in [2.24, 2.45) is 0 Å². The summed E-state index contributed by atoms with van der Waals surface area (Å²) in [5.41, 5.74) is 0.808. The molecule has 0 saturated carbocycles. The molecule has 0 fully saturated rings. The van der Waals surface area contributed by atoms with Crippen molar-refractivity contribution in [2.75, 3.05) is 7.11 Å². The SMILES string of the molecule is COc1cc(Br)ccc1/C(C#N)=C(\C)O. The molecule has 0 aliphatic carbocycles. The van der Waals surface area contributed by atoms with Crippen molar-refractivity contribution in [1.29, 1.82) is 5.26 Å². The van der Waals surface area contributed by atoms with Gasteiger partial charge in [0.05, 0.1) is 7.11 Å².